The molecule has 0 unspecified atom stereocenters. The van der Waals surface area contributed by atoms with Gasteiger partial charge in [0.05, 0.1) is 14.2 Å². The maximum atomic E-state index is 12.2. The molecule has 0 bridgehead atoms. The van der Waals surface area contributed by atoms with Crippen molar-refractivity contribution in [2.45, 2.75) is 19.3 Å². The van der Waals surface area contributed by atoms with Gasteiger partial charge in [0.2, 0.25) is 0 Å². The zero-order valence-corrected chi connectivity index (χ0v) is 16.8. The predicted octanol–water partition coefficient (Wildman–Crippen LogP) is 3.39. The van der Waals surface area contributed by atoms with Crippen molar-refractivity contribution in [2.24, 2.45) is 5.92 Å². The van der Waals surface area contributed by atoms with E-state index in [1.807, 2.05) is 18.2 Å². The Morgan fingerprint density at radius 1 is 1.04 bits per heavy atom. The highest BCUT2D eigenvalue weighted by atomic mass is 16.5. The van der Waals surface area contributed by atoms with E-state index in [0.717, 1.165) is 43.5 Å². The lowest BCUT2D eigenvalue weighted by atomic mass is 9.90. The molecule has 5 heteroatoms. The van der Waals surface area contributed by atoms with E-state index in [2.05, 4.69) is 28.4 Å². The fourth-order valence-electron chi connectivity index (χ4n) is 3.72. The van der Waals surface area contributed by atoms with Gasteiger partial charge in [0.25, 0.3) is 5.91 Å². The smallest absolute Gasteiger partial charge is 0.251 e. The lowest BCUT2D eigenvalue weighted by molar-refractivity contribution is 0.0944. The van der Waals surface area contributed by atoms with E-state index in [1.54, 1.807) is 26.4 Å². The SMILES string of the molecule is COc1ccc(C(=O)NCCN2CCC(Cc3cccc(OC)c3)CC2)cc1. The Labute approximate surface area is 167 Å². The first-order valence-electron chi connectivity index (χ1n) is 9.95. The summed E-state index contributed by atoms with van der Waals surface area (Å²) in [6.45, 7) is 3.75. The Morgan fingerprint density at radius 2 is 1.75 bits per heavy atom. The molecule has 1 fully saturated rings. The average Bonchev–Trinajstić information content (AvgIpc) is 2.75. The van der Waals surface area contributed by atoms with Crippen molar-refractivity contribution < 1.29 is 14.3 Å². The monoisotopic (exact) mass is 382 g/mol. The molecule has 1 aliphatic heterocycles. The van der Waals surface area contributed by atoms with Crippen LogP contribution in [-0.2, 0) is 6.42 Å². The Kier molecular flexibility index (Phi) is 7.31. The third kappa shape index (κ3) is 5.73. The number of methoxy groups -OCH3 is 2. The molecule has 1 amide bonds. The van der Waals surface area contributed by atoms with E-state index in [1.165, 1.54) is 18.4 Å². The van der Waals surface area contributed by atoms with Gasteiger partial charge in [-0.15, -0.1) is 0 Å². The molecule has 2 aromatic carbocycles. The van der Waals surface area contributed by atoms with Crippen molar-refractivity contribution in [2.75, 3.05) is 40.4 Å². The molecule has 0 saturated carbocycles. The molecule has 0 atom stereocenters. The molecule has 28 heavy (non-hydrogen) atoms. The summed E-state index contributed by atoms with van der Waals surface area (Å²) in [4.78, 5) is 14.7. The lowest BCUT2D eigenvalue weighted by Gasteiger charge is -2.32. The molecule has 0 aliphatic carbocycles. The van der Waals surface area contributed by atoms with Gasteiger partial charge in [-0.05, 0) is 80.2 Å². The summed E-state index contributed by atoms with van der Waals surface area (Å²) < 4.78 is 10.4. The summed E-state index contributed by atoms with van der Waals surface area (Å²) in [5.41, 5.74) is 2.02. The highest BCUT2D eigenvalue weighted by molar-refractivity contribution is 5.94. The maximum absolute atomic E-state index is 12.2. The average molecular weight is 383 g/mol. The van der Waals surface area contributed by atoms with Crippen molar-refractivity contribution in [1.82, 2.24) is 10.2 Å². The normalized spacial score (nSPS) is 15.2. The van der Waals surface area contributed by atoms with Crippen molar-refractivity contribution in [3.05, 3.63) is 59.7 Å². The van der Waals surface area contributed by atoms with Crippen LogP contribution in [0.3, 0.4) is 0 Å². The van der Waals surface area contributed by atoms with Crippen LogP contribution in [-0.4, -0.2) is 51.2 Å². The topological polar surface area (TPSA) is 50.8 Å². The van der Waals surface area contributed by atoms with Gasteiger partial charge >= 0.3 is 0 Å². The summed E-state index contributed by atoms with van der Waals surface area (Å²) in [6.07, 6.45) is 3.51. The quantitative estimate of drug-likeness (QED) is 0.760. The van der Waals surface area contributed by atoms with Crippen LogP contribution >= 0.6 is 0 Å². The van der Waals surface area contributed by atoms with Gasteiger partial charge in [-0.1, -0.05) is 12.1 Å². The van der Waals surface area contributed by atoms with E-state index >= 15 is 0 Å². The number of nitrogens with one attached hydrogen (secondary N) is 1. The minimum absolute atomic E-state index is 0.0319. The molecule has 1 heterocycles. The van der Waals surface area contributed by atoms with E-state index in [4.69, 9.17) is 9.47 Å². The van der Waals surface area contributed by atoms with Crippen molar-refractivity contribution in [3.8, 4) is 11.5 Å². The Bertz CT molecular complexity index is 753. The van der Waals surface area contributed by atoms with Crippen LogP contribution in [0, 0.1) is 5.92 Å². The minimum atomic E-state index is -0.0319. The molecule has 0 spiro atoms. The summed E-state index contributed by atoms with van der Waals surface area (Å²) in [7, 11) is 3.33. The number of hydrogen-bond acceptors (Lipinski definition) is 4. The number of amides is 1. The van der Waals surface area contributed by atoms with Crippen LogP contribution in [0.2, 0.25) is 0 Å². The maximum Gasteiger partial charge on any atom is 0.251 e. The molecule has 5 nitrogen and oxygen atoms in total. The Balaban J connectivity index is 1.36. The van der Waals surface area contributed by atoms with Crippen LogP contribution in [0.5, 0.6) is 11.5 Å². The number of carbonyl (C=O) groups excluding carboxylic acids is 1. The zero-order valence-electron chi connectivity index (χ0n) is 16.8. The highest BCUT2D eigenvalue weighted by Gasteiger charge is 2.19. The number of nitrogens with zero attached hydrogens (tertiary/aromatic N) is 1. The first kappa shape index (κ1) is 20.2. The number of benzene rings is 2. The summed E-state index contributed by atoms with van der Waals surface area (Å²) in [5.74, 6) is 2.38. The first-order valence-corrected chi connectivity index (χ1v) is 9.95. The van der Waals surface area contributed by atoms with Crippen molar-refractivity contribution >= 4 is 5.91 Å². The molecule has 1 aliphatic rings. The van der Waals surface area contributed by atoms with Gasteiger partial charge in [-0.3, -0.25) is 4.79 Å². The van der Waals surface area contributed by atoms with Gasteiger partial charge in [-0.25, -0.2) is 0 Å². The molecule has 2 aromatic rings. The van der Waals surface area contributed by atoms with Crippen LogP contribution in [0.1, 0.15) is 28.8 Å². The number of piperidine rings is 1. The first-order chi connectivity index (χ1) is 13.7. The molecule has 3 rings (SSSR count). The predicted molar refractivity (Wildman–Crippen MR) is 111 cm³/mol. The second-order valence-electron chi connectivity index (χ2n) is 7.33. The van der Waals surface area contributed by atoms with Gasteiger partial charge in [0, 0.05) is 18.7 Å². The molecule has 1 saturated heterocycles. The van der Waals surface area contributed by atoms with Gasteiger partial charge in [0.1, 0.15) is 11.5 Å². The number of hydrogen-bond donors (Lipinski definition) is 1. The van der Waals surface area contributed by atoms with E-state index in [-0.39, 0.29) is 5.91 Å². The van der Waals surface area contributed by atoms with E-state index < -0.39 is 0 Å². The third-order valence-corrected chi connectivity index (χ3v) is 5.43. The second-order valence-corrected chi connectivity index (χ2v) is 7.33. The standard InChI is InChI=1S/C23H30N2O3/c1-27-21-8-6-20(7-9-21)23(26)24-12-15-25-13-10-18(11-14-25)16-19-4-3-5-22(17-19)28-2/h3-9,17-18H,10-16H2,1-2H3,(H,24,26). The van der Waals surface area contributed by atoms with E-state index in [0.29, 0.717) is 12.1 Å². The molecule has 1 N–H and O–H groups in total. The van der Waals surface area contributed by atoms with Crippen LogP contribution < -0.4 is 14.8 Å². The van der Waals surface area contributed by atoms with Crippen molar-refractivity contribution in [1.29, 1.82) is 0 Å². The van der Waals surface area contributed by atoms with Crippen LogP contribution in [0.15, 0.2) is 48.5 Å². The van der Waals surface area contributed by atoms with E-state index in [9.17, 15) is 4.79 Å². The summed E-state index contributed by atoms with van der Waals surface area (Å²) >= 11 is 0. The van der Waals surface area contributed by atoms with Gasteiger partial charge < -0.3 is 19.7 Å². The van der Waals surface area contributed by atoms with Crippen molar-refractivity contribution in [3.63, 3.8) is 0 Å². The molecular weight excluding hydrogens is 352 g/mol. The molecule has 0 aromatic heterocycles. The molecular formula is C23H30N2O3. The van der Waals surface area contributed by atoms with Crippen LogP contribution in [0.4, 0.5) is 0 Å². The number of likely N-dealkylation sites (tertiary alicyclic amines) is 1. The number of rotatable bonds is 8. The fraction of sp³-hybridized carbons (Fsp3) is 0.435. The van der Waals surface area contributed by atoms with Crippen LogP contribution in [0.25, 0.3) is 0 Å². The fourth-order valence-corrected chi connectivity index (χ4v) is 3.72. The summed E-state index contributed by atoms with van der Waals surface area (Å²) in [5, 5.41) is 3.01. The zero-order chi connectivity index (χ0) is 19.8. The molecule has 150 valence electrons. The largest absolute Gasteiger partial charge is 0.497 e. The Morgan fingerprint density at radius 3 is 2.43 bits per heavy atom. The summed E-state index contributed by atoms with van der Waals surface area (Å²) in [6, 6.07) is 15.6. The minimum Gasteiger partial charge on any atom is -0.497 e. The third-order valence-electron chi connectivity index (χ3n) is 5.43. The Hall–Kier alpha value is -2.53. The molecule has 0 radical (unpaired) electrons. The highest BCUT2D eigenvalue weighted by Crippen LogP contribution is 2.23. The second kappa shape index (κ2) is 10.1. The van der Waals surface area contributed by atoms with Gasteiger partial charge in [0.15, 0.2) is 0 Å². The number of carbonyl (C=O) groups is 1. The van der Waals surface area contributed by atoms with Gasteiger partial charge in [-0.2, -0.15) is 0 Å². The number of ether oxygens (including phenoxy) is 2. The lowest BCUT2D eigenvalue weighted by Crippen LogP contribution is -2.39.